The van der Waals surface area contributed by atoms with Crippen molar-refractivity contribution < 1.29 is 4.74 Å². The number of aromatic nitrogens is 3. The molecule has 0 saturated heterocycles. The zero-order valence-electron chi connectivity index (χ0n) is 5.13. The SMILES string of the molecule is COc1nc(Cl)nn1C. The highest BCUT2D eigenvalue weighted by molar-refractivity contribution is 6.28. The lowest BCUT2D eigenvalue weighted by atomic mass is 11.1. The predicted octanol–water partition coefficient (Wildman–Crippen LogP) is 0.477. The Labute approximate surface area is 57.4 Å². The van der Waals surface area contributed by atoms with Gasteiger partial charge in [0.15, 0.2) is 0 Å². The number of hydrogen-bond donors (Lipinski definition) is 0. The molecule has 5 heteroatoms. The van der Waals surface area contributed by atoms with E-state index < -0.39 is 0 Å². The Morgan fingerprint density at radius 2 is 2.33 bits per heavy atom. The first-order valence-corrected chi connectivity index (χ1v) is 2.72. The fourth-order valence-electron chi connectivity index (χ4n) is 0.518. The maximum Gasteiger partial charge on any atom is 0.315 e. The molecular weight excluding hydrogens is 142 g/mol. The fraction of sp³-hybridized carbons (Fsp3) is 0.500. The van der Waals surface area contributed by atoms with E-state index in [1.54, 1.807) is 7.05 Å². The summed E-state index contributed by atoms with van der Waals surface area (Å²) in [4.78, 5) is 3.72. The Bertz CT molecular complexity index is 210. The number of halogens is 1. The van der Waals surface area contributed by atoms with E-state index in [2.05, 4.69) is 10.1 Å². The maximum absolute atomic E-state index is 5.42. The van der Waals surface area contributed by atoms with Crippen molar-refractivity contribution in [2.75, 3.05) is 7.11 Å². The molecule has 0 amide bonds. The molecule has 0 spiro atoms. The van der Waals surface area contributed by atoms with Gasteiger partial charge in [-0.25, -0.2) is 4.68 Å². The summed E-state index contributed by atoms with van der Waals surface area (Å²) in [7, 11) is 3.22. The maximum atomic E-state index is 5.42. The average molecular weight is 148 g/mol. The summed E-state index contributed by atoms with van der Waals surface area (Å²) in [5, 5.41) is 3.93. The van der Waals surface area contributed by atoms with Crippen molar-refractivity contribution >= 4 is 11.6 Å². The average Bonchev–Trinajstić information content (AvgIpc) is 2.10. The van der Waals surface area contributed by atoms with Gasteiger partial charge in [0, 0.05) is 7.05 Å². The molecule has 0 aromatic carbocycles. The lowest BCUT2D eigenvalue weighted by Crippen LogP contribution is -1.95. The van der Waals surface area contributed by atoms with Gasteiger partial charge in [-0.3, -0.25) is 0 Å². The summed E-state index contributed by atoms with van der Waals surface area (Å²) in [5.41, 5.74) is 0. The van der Waals surface area contributed by atoms with E-state index in [1.165, 1.54) is 11.8 Å². The van der Waals surface area contributed by atoms with Crippen LogP contribution >= 0.6 is 11.6 Å². The van der Waals surface area contributed by atoms with E-state index >= 15 is 0 Å². The van der Waals surface area contributed by atoms with E-state index in [4.69, 9.17) is 16.3 Å². The number of methoxy groups -OCH3 is 1. The van der Waals surface area contributed by atoms with Gasteiger partial charge in [-0.1, -0.05) is 0 Å². The highest BCUT2D eigenvalue weighted by Gasteiger charge is 2.01. The van der Waals surface area contributed by atoms with E-state index in [9.17, 15) is 0 Å². The fourth-order valence-corrected chi connectivity index (χ4v) is 0.704. The van der Waals surface area contributed by atoms with Crippen molar-refractivity contribution in [3.8, 4) is 6.01 Å². The topological polar surface area (TPSA) is 39.9 Å². The van der Waals surface area contributed by atoms with Crippen LogP contribution in [0.3, 0.4) is 0 Å². The Kier molecular flexibility index (Phi) is 1.57. The summed E-state index contributed by atoms with van der Waals surface area (Å²) in [5.74, 6) is 0. The normalized spacial score (nSPS) is 9.67. The molecule has 9 heavy (non-hydrogen) atoms. The molecule has 1 aromatic rings. The lowest BCUT2D eigenvalue weighted by molar-refractivity contribution is 0.359. The third-order valence-corrected chi connectivity index (χ3v) is 1.04. The molecule has 0 aliphatic carbocycles. The van der Waals surface area contributed by atoms with Crippen molar-refractivity contribution in [3.63, 3.8) is 0 Å². The predicted molar refractivity (Wildman–Crippen MR) is 32.6 cm³/mol. The third kappa shape index (κ3) is 1.13. The minimum absolute atomic E-state index is 0.203. The molecule has 50 valence electrons. The monoisotopic (exact) mass is 147 g/mol. The first-order valence-electron chi connectivity index (χ1n) is 2.34. The van der Waals surface area contributed by atoms with Crippen LogP contribution in [0.2, 0.25) is 5.28 Å². The lowest BCUT2D eigenvalue weighted by Gasteiger charge is -1.92. The molecule has 0 aliphatic heterocycles. The Hall–Kier alpha value is -0.770. The molecule has 0 bridgehead atoms. The van der Waals surface area contributed by atoms with Gasteiger partial charge in [-0.2, -0.15) is 4.98 Å². The van der Waals surface area contributed by atoms with Crippen LogP contribution in [-0.4, -0.2) is 21.9 Å². The van der Waals surface area contributed by atoms with Crippen LogP contribution in [0.25, 0.3) is 0 Å². The van der Waals surface area contributed by atoms with Crippen LogP contribution in [0.4, 0.5) is 0 Å². The minimum Gasteiger partial charge on any atom is -0.467 e. The number of ether oxygens (including phenoxy) is 1. The molecule has 0 saturated carbocycles. The molecule has 0 aliphatic rings. The minimum atomic E-state index is 0.203. The zero-order valence-corrected chi connectivity index (χ0v) is 5.88. The van der Waals surface area contributed by atoms with Gasteiger partial charge in [0.05, 0.1) is 7.11 Å². The van der Waals surface area contributed by atoms with Crippen molar-refractivity contribution in [2.45, 2.75) is 0 Å². The molecule has 0 atom stereocenters. The smallest absolute Gasteiger partial charge is 0.315 e. The summed E-state index contributed by atoms with van der Waals surface area (Å²) >= 11 is 5.42. The second kappa shape index (κ2) is 2.23. The first kappa shape index (κ1) is 6.35. The Morgan fingerprint density at radius 1 is 1.67 bits per heavy atom. The van der Waals surface area contributed by atoms with Gasteiger partial charge in [-0.15, -0.1) is 5.10 Å². The first-order chi connectivity index (χ1) is 4.24. The van der Waals surface area contributed by atoms with Crippen LogP contribution in [0.5, 0.6) is 6.01 Å². The Morgan fingerprint density at radius 3 is 2.56 bits per heavy atom. The summed E-state index contributed by atoms with van der Waals surface area (Å²) in [6.45, 7) is 0. The van der Waals surface area contributed by atoms with Crippen molar-refractivity contribution in [1.82, 2.24) is 14.8 Å². The summed E-state index contributed by atoms with van der Waals surface area (Å²) in [6.07, 6.45) is 0. The second-order valence-corrected chi connectivity index (χ2v) is 1.83. The molecule has 1 heterocycles. The van der Waals surface area contributed by atoms with Crippen molar-refractivity contribution in [1.29, 1.82) is 0 Å². The van der Waals surface area contributed by atoms with Gasteiger partial charge >= 0.3 is 6.01 Å². The quantitative estimate of drug-likeness (QED) is 0.580. The van der Waals surface area contributed by atoms with Crippen molar-refractivity contribution in [3.05, 3.63) is 5.28 Å². The van der Waals surface area contributed by atoms with E-state index in [0.717, 1.165) is 0 Å². The van der Waals surface area contributed by atoms with E-state index in [1.807, 2.05) is 0 Å². The van der Waals surface area contributed by atoms with Gasteiger partial charge in [0.25, 0.3) is 0 Å². The van der Waals surface area contributed by atoms with E-state index in [0.29, 0.717) is 6.01 Å². The standard InChI is InChI=1S/C4H6ClN3O/c1-8-4(9-2)6-3(5)7-8/h1-2H3. The van der Waals surface area contributed by atoms with Crippen LogP contribution in [0.15, 0.2) is 0 Å². The molecule has 4 nitrogen and oxygen atoms in total. The highest BCUT2D eigenvalue weighted by Crippen LogP contribution is 2.07. The van der Waals surface area contributed by atoms with Gasteiger partial charge in [-0.05, 0) is 11.6 Å². The summed E-state index contributed by atoms with van der Waals surface area (Å²) < 4.78 is 6.23. The van der Waals surface area contributed by atoms with Gasteiger partial charge < -0.3 is 4.74 Å². The molecule has 1 rings (SSSR count). The number of hydrogen-bond acceptors (Lipinski definition) is 3. The molecule has 0 unspecified atom stereocenters. The zero-order chi connectivity index (χ0) is 6.85. The molecule has 1 aromatic heterocycles. The molecule has 0 N–H and O–H groups in total. The molecular formula is C4H6ClN3O. The van der Waals surface area contributed by atoms with E-state index in [-0.39, 0.29) is 5.28 Å². The third-order valence-electron chi connectivity index (χ3n) is 0.880. The summed E-state index contributed by atoms with van der Waals surface area (Å²) in [6, 6.07) is 0.417. The largest absolute Gasteiger partial charge is 0.467 e. The van der Waals surface area contributed by atoms with Crippen LogP contribution in [0.1, 0.15) is 0 Å². The highest BCUT2D eigenvalue weighted by atomic mass is 35.5. The Balaban J connectivity index is 3.01. The second-order valence-electron chi connectivity index (χ2n) is 1.49. The number of nitrogens with zero attached hydrogens (tertiary/aromatic N) is 3. The number of rotatable bonds is 1. The molecule has 0 radical (unpaired) electrons. The molecule has 0 fully saturated rings. The van der Waals surface area contributed by atoms with Crippen LogP contribution in [-0.2, 0) is 7.05 Å². The number of aryl methyl sites for hydroxylation is 1. The van der Waals surface area contributed by atoms with Crippen molar-refractivity contribution in [2.24, 2.45) is 7.05 Å². The van der Waals surface area contributed by atoms with Gasteiger partial charge in [0.2, 0.25) is 5.28 Å². The van der Waals surface area contributed by atoms with Gasteiger partial charge in [0.1, 0.15) is 0 Å². The van der Waals surface area contributed by atoms with Crippen LogP contribution < -0.4 is 4.74 Å². The van der Waals surface area contributed by atoms with Crippen LogP contribution in [0, 0.1) is 0 Å².